The Morgan fingerprint density at radius 3 is 3.00 bits per heavy atom. The summed E-state index contributed by atoms with van der Waals surface area (Å²) in [7, 11) is 0. The zero-order chi connectivity index (χ0) is 6.69. The SMILES string of the molecule is CC(O)CC1=CNNN1. The molecule has 0 amide bonds. The van der Waals surface area contributed by atoms with Crippen LogP contribution in [0.2, 0.25) is 0 Å². The second-order valence-electron chi connectivity index (χ2n) is 2.12. The van der Waals surface area contributed by atoms with Crippen molar-refractivity contribution in [2.45, 2.75) is 19.4 Å². The lowest BCUT2D eigenvalue weighted by molar-refractivity contribution is 0.193. The van der Waals surface area contributed by atoms with E-state index in [1.54, 1.807) is 13.1 Å². The molecule has 4 N–H and O–H groups in total. The topological polar surface area (TPSA) is 56.3 Å². The van der Waals surface area contributed by atoms with Gasteiger partial charge in [-0.25, -0.2) is 0 Å². The number of aliphatic hydroxyl groups excluding tert-OH is 1. The fourth-order valence-corrected chi connectivity index (χ4v) is 0.704. The average Bonchev–Trinajstić information content (AvgIpc) is 2.15. The maximum atomic E-state index is 8.88. The van der Waals surface area contributed by atoms with Gasteiger partial charge >= 0.3 is 0 Å². The Hall–Kier alpha value is -0.740. The Morgan fingerprint density at radius 1 is 1.78 bits per heavy atom. The second kappa shape index (κ2) is 2.70. The maximum Gasteiger partial charge on any atom is 0.0567 e. The van der Waals surface area contributed by atoms with Gasteiger partial charge in [-0.2, -0.15) is 5.53 Å². The van der Waals surface area contributed by atoms with Gasteiger partial charge in [-0.1, -0.05) is 0 Å². The van der Waals surface area contributed by atoms with E-state index in [1.165, 1.54) is 0 Å². The van der Waals surface area contributed by atoms with Gasteiger partial charge in [0.25, 0.3) is 0 Å². The summed E-state index contributed by atoms with van der Waals surface area (Å²) in [5.41, 5.74) is 9.22. The Labute approximate surface area is 53.9 Å². The molecule has 4 nitrogen and oxygen atoms in total. The van der Waals surface area contributed by atoms with Gasteiger partial charge in [0.05, 0.1) is 6.10 Å². The lowest BCUT2D eigenvalue weighted by Gasteiger charge is -2.03. The summed E-state index contributed by atoms with van der Waals surface area (Å²) in [6, 6.07) is 0. The third-order valence-electron chi connectivity index (χ3n) is 1.06. The number of hydrogen-bond acceptors (Lipinski definition) is 4. The molecule has 0 saturated carbocycles. The molecule has 0 aromatic carbocycles. The first kappa shape index (κ1) is 6.38. The summed E-state index contributed by atoms with van der Waals surface area (Å²) in [5, 5.41) is 8.88. The minimum atomic E-state index is -0.287. The standard InChI is InChI=1S/C5H11N3O/c1-4(9)2-5-3-6-8-7-5/h3-4,6-9H,2H2,1H3. The number of hydrazine groups is 2. The van der Waals surface area contributed by atoms with E-state index in [0.29, 0.717) is 6.42 Å². The molecule has 0 aliphatic carbocycles. The molecule has 0 fully saturated rings. The van der Waals surface area contributed by atoms with Crippen LogP contribution >= 0.6 is 0 Å². The van der Waals surface area contributed by atoms with Gasteiger partial charge in [0.2, 0.25) is 0 Å². The van der Waals surface area contributed by atoms with Gasteiger partial charge in [-0.05, 0) is 6.92 Å². The van der Waals surface area contributed by atoms with Crippen LogP contribution in [0.3, 0.4) is 0 Å². The number of nitrogens with one attached hydrogen (secondary N) is 3. The fraction of sp³-hybridized carbons (Fsp3) is 0.600. The van der Waals surface area contributed by atoms with Crippen molar-refractivity contribution in [2.24, 2.45) is 0 Å². The van der Waals surface area contributed by atoms with Crippen LogP contribution in [-0.2, 0) is 0 Å². The largest absolute Gasteiger partial charge is 0.393 e. The first-order chi connectivity index (χ1) is 4.29. The van der Waals surface area contributed by atoms with E-state index in [-0.39, 0.29) is 6.10 Å². The molecule has 1 heterocycles. The number of aliphatic hydroxyl groups is 1. The molecule has 1 rings (SSSR count). The minimum absolute atomic E-state index is 0.287. The first-order valence-electron chi connectivity index (χ1n) is 2.92. The molecule has 1 aliphatic heterocycles. The highest BCUT2D eigenvalue weighted by atomic mass is 16.3. The summed E-state index contributed by atoms with van der Waals surface area (Å²) in [4.78, 5) is 0. The molecular weight excluding hydrogens is 118 g/mol. The predicted octanol–water partition coefficient (Wildman–Crippen LogP) is -0.789. The predicted molar refractivity (Wildman–Crippen MR) is 33.8 cm³/mol. The third kappa shape index (κ3) is 1.91. The molecule has 0 aromatic rings. The van der Waals surface area contributed by atoms with E-state index < -0.39 is 0 Å². The molecule has 52 valence electrons. The van der Waals surface area contributed by atoms with Crippen molar-refractivity contribution in [3.05, 3.63) is 11.9 Å². The van der Waals surface area contributed by atoms with E-state index in [0.717, 1.165) is 5.70 Å². The van der Waals surface area contributed by atoms with Gasteiger partial charge in [0.15, 0.2) is 0 Å². The molecule has 0 aromatic heterocycles. The molecule has 0 spiro atoms. The molecule has 0 radical (unpaired) electrons. The Morgan fingerprint density at radius 2 is 2.56 bits per heavy atom. The Balaban J connectivity index is 2.26. The zero-order valence-electron chi connectivity index (χ0n) is 5.31. The van der Waals surface area contributed by atoms with E-state index in [2.05, 4.69) is 16.4 Å². The Bertz CT molecular complexity index is 121. The van der Waals surface area contributed by atoms with Crippen LogP contribution in [0.4, 0.5) is 0 Å². The number of rotatable bonds is 2. The molecule has 1 unspecified atom stereocenters. The fourth-order valence-electron chi connectivity index (χ4n) is 0.704. The van der Waals surface area contributed by atoms with Gasteiger partial charge in [0.1, 0.15) is 0 Å². The quantitative estimate of drug-likeness (QED) is 0.395. The van der Waals surface area contributed by atoms with Crippen molar-refractivity contribution in [3.8, 4) is 0 Å². The third-order valence-corrected chi connectivity index (χ3v) is 1.06. The highest BCUT2D eigenvalue weighted by Crippen LogP contribution is 2.00. The average molecular weight is 129 g/mol. The molecular formula is C5H11N3O. The molecule has 4 heteroatoms. The Kier molecular flexibility index (Phi) is 1.92. The van der Waals surface area contributed by atoms with Crippen molar-refractivity contribution >= 4 is 0 Å². The summed E-state index contributed by atoms with van der Waals surface area (Å²) in [5.74, 6) is 0. The van der Waals surface area contributed by atoms with Crippen molar-refractivity contribution < 1.29 is 5.11 Å². The summed E-state index contributed by atoms with van der Waals surface area (Å²) in [6.07, 6.45) is 2.15. The van der Waals surface area contributed by atoms with Crippen molar-refractivity contribution in [1.29, 1.82) is 0 Å². The lowest BCUT2D eigenvalue weighted by atomic mass is 10.2. The highest BCUT2D eigenvalue weighted by molar-refractivity contribution is 5.00. The van der Waals surface area contributed by atoms with Crippen LogP contribution in [0.25, 0.3) is 0 Å². The molecule has 1 aliphatic rings. The lowest BCUT2D eigenvalue weighted by Crippen LogP contribution is -2.32. The van der Waals surface area contributed by atoms with Crippen molar-refractivity contribution in [2.75, 3.05) is 0 Å². The molecule has 9 heavy (non-hydrogen) atoms. The maximum absolute atomic E-state index is 8.88. The van der Waals surface area contributed by atoms with E-state index in [4.69, 9.17) is 5.11 Å². The summed E-state index contributed by atoms with van der Waals surface area (Å²) in [6.45, 7) is 1.75. The monoisotopic (exact) mass is 129 g/mol. The van der Waals surface area contributed by atoms with Crippen LogP contribution in [-0.4, -0.2) is 11.2 Å². The van der Waals surface area contributed by atoms with Gasteiger partial charge < -0.3 is 16.0 Å². The summed E-state index contributed by atoms with van der Waals surface area (Å²) >= 11 is 0. The van der Waals surface area contributed by atoms with Crippen LogP contribution in [0.5, 0.6) is 0 Å². The van der Waals surface area contributed by atoms with Gasteiger partial charge in [0, 0.05) is 18.3 Å². The zero-order valence-corrected chi connectivity index (χ0v) is 5.31. The van der Waals surface area contributed by atoms with E-state index in [9.17, 15) is 0 Å². The van der Waals surface area contributed by atoms with Crippen LogP contribution < -0.4 is 16.4 Å². The van der Waals surface area contributed by atoms with Gasteiger partial charge in [-0.3, -0.25) is 0 Å². The van der Waals surface area contributed by atoms with E-state index >= 15 is 0 Å². The van der Waals surface area contributed by atoms with Crippen LogP contribution in [0.15, 0.2) is 11.9 Å². The number of hydrogen-bond donors (Lipinski definition) is 4. The van der Waals surface area contributed by atoms with Crippen LogP contribution in [0.1, 0.15) is 13.3 Å². The normalized spacial score (nSPS) is 20.0. The molecule has 1 atom stereocenters. The molecule has 0 saturated heterocycles. The van der Waals surface area contributed by atoms with Crippen LogP contribution in [0, 0.1) is 0 Å². The minimum Gasteiger partial charge on any atom is -0.393 e. The van der Waals surface area contributed by atoms with Crippen molar-refractivity contribution in [3.63, 3.8) is 0 Å². The smallest absolute Gasteiger partial charge is 0.0567 e. The second-order valence-corrected chi connectivity index (χ2v) is 2.12. The highest BCUT2D eigenvalue weighted by Gasteiger charge is 2.04. The van der Waals surface area contributed by atoms with Crippen molar-refractivity contribution in [1.82, 2.24) is 16.4 Å². The molecule has 0 bridgehead atoms. The van der Waals surface area contributed by atoms with E-state index in [1.807, 2.05) is 0 Å². The van der Waals surface area contributed by atoms with Gasteiger partial charge in [-0.15, -0.1) is 0 Å². The summed E-state index contributed by atoms with van der Waals surface area (Å²) < 4.78 is 0. The first-order valence-corrected chi connectivity index (χ1v) is 2.92.